The van der Waals surface area contributed by atoms with Crippen molar-refractivity contribution in [2.75, 3.05) is 85.5 Å². The molecular weight excluding hydrogens is 467 g/mol. The molecule has 2 heterocycles. The van der Waals surface area contributed by atoms with Crippen molar-refractivity contribution in [2.45, 2.75) is 24.4 Å². The Balaban J connectivity index is 1.65. The Bertz CT molecular complexity index is 617. The molecule has 5 N–H and O–H groups in total. The van der Waals surface area contributed by atoms with Crippen LogP contribution >= 0.6 is 7.82 Å². The van der Waals surface area contributed by atoms with Crippen molar-refractivity contribution in [3.8, 4) is 0 Å². The van der Waals surface area contributed by atoms with Crippen molar-refractivity contribution in [3.63, 3.8) is 0 Å². The topological polar surface area (TPSA) is 188 Å². The molecule has 0 saturated carbocycles. The van der Waals surface area contributed by atoms with Gasteiger partial charge < -0.3 is 39.5 Å². The molecule has 2 fully saturated rings. The van der Waals surface area contributed by atoms with Crippen LogP contribution in [-0.2, 0) is 32.6 Å². The smallest absolute Gasteiger partial charge is 0.462 e. The molecule has 0 aromatic rings. The largest absolute Gasteiger partial charge is 0.472 e. The SMILES string of the molecule is O=C(OCCN1CCOCC1)[C@H](O)[C@@H](O)[C@H](O)[C@H](O)COP(=O)(O)OCCN1CCOCC1. The Morgan fingerprint density at radius 1 is 0.848 bits per heavy atom. The van der Waals surface area contributed by atoms with Crippen molar-refractivity contribution in [3.05, 3.63) is 0 Å². The molecule has 2 rings (SSSR count). The summed E-state index contributed by atoms with van der Waals surface area (Å²) in [6, 6.07) is 0. The highest BCUT2D eigenvalue weighted by molar-refractivity contribution is 7.47. The van der Waals surface area contributed by atoms with E-state index in [9.17, 15) is 34.7 Å². The first-order valence-corrected chi connectivity index (χ1v) is 12.3. The van der Waals surface area contributed by atoms with Gasteiger partial charge in [0.1, 0.15) is 24.9 Å². The van der Waals surface area contributed by atoms with E-state index in [1.54, 1.807) is 0 Å². The number of phosphoric acid groups is 1. The molecule has 0 aliphatic carbocycles. The normalized spacial score (nSPS) is 23.9. The first kappa shape index (κ1) is 28.5. The predicted octanol–water partition coefficient (Wildman–Crippen LogP) is -3.23. The van der Waals surface area contributed by atoms with Crippen molar-refractivity contribution >= 4 is 13.8 Å². The van der Waals surface area contributed by atoms with E-state index >= 15 is 0 Å². The maximum Gasteiger partial charge on any atom is 0.472 e. The average Bonchev–Trinajstić information content (AvgIpc) is 2.82. The highest BCUT2D eigenvalue weighted by Gasteiger charge is 2.36. The minimum absolute atomic E-state index is 0.0418. The molecule has 14 nitrogen and oxygen atoms in total. The molecule has 0 aromatic carbocycles. The number of hydrogen-bond acceptors (Lipinski definition) is 13. The van der Waals surface area contributed by atoms with Gasteiger partial charge in [-0.25, -0.2) is 9.36 Å². The highest BCUT2D eigenvalue weighted by Crippen LogP contribution is 2.43. The Morgan fingerprint density at radius 3 is 1.91 bits per heavy atom. The molecule has 0 radical (unpaired) electrons. The van der Waals surface area contributed by atoms with E-state index in [0.29, 0.717) is 65.7 Å². The first-order chi connectivity index (χ1) is 15.7. The van der Waals surface area contributed by atoms with Gasteiger partial charge in [0, 0.05) is 39.3 Å². The van der Waals surface area contributed by atoms with Crippen molar-refractivity contribution in [1.82, 2.24) is 9.80 Å². The molecular formula is C18H35N2O12P. The van der Waals surface area contributed by atoms with Gasteiger partial charge in [-0.05, 0) is 0 Å². The summed E-state index contributed by atoms with van der Waals surface area (Å²) in [6.45, 7) is 4.71. The fourth-order valence-electron chi connectivity index (χ4n) is 3.16. The standard InChI is InChI=1S/C18H35N2O12P/c21-14(13-32-33(26,27)31-12-6-20-3-9-29-10-4-20)15(22)16(23)17(24)18(25)30-11-5-19-1-7-28-8-2-19/h14-17,21-24H,1-13H2,(H,26,27)/t14-,15-,16+,17-/m1/s1. The van der Waals surface area contributed by atoms with Crippen LogP contribution in [0, 0.1) is 0 Å². The van der Waals surface area contributed by atoms with E-state index in [-0.39, 0.29) is 13.2 Å². The number of ether oxygens (including phenoxy) is 3. The lowest BCUT2D eigenvalue weighted by atomic mass is 10.0. The summed E-state index contributed by atoms with van der Waals surface area (Å²) in [5.74, 6) is -1.18. The molecule has 33 heavy (non-hydrogen) atoms. The Morgan fingerprint density at radius 2 is 1.36 bits per heavy atom. The third-order valence-electron chi connectivity index (χ3n) is 5.24. The van der Waals surface area contributed by atoms with Crippen molar-refractivity contribution < 1.29 is 57.9 Å². The molecule has 1 unspecified atom stereocenters. The van der Waals surface area contributed by atoms with Gasteiger partial charge in [0.2, 0.25) is 0 Å². The molecule has 0 amide bonds. The number of nitrogens with zero attached hydrogens (tertiary/aromatic N) is 2. The Hall–Kier alpha value is -0.740. The lowest BCUT2D eigenvalue weighted by Crippen LogP contribution is -2.49. The first-order valence-electron chi connectivity index (χ1n) is 10.8. The quantitative estimate of drug-likeness (QED) is 0.118. The van der Waals surface area contributed by atoms with E-state index in [4.69, 9.17) is 18.7 Å². The summed E-state index contributed by atoms with van der Waals surface area (Å²) in [7, 11) is -4.53. The molecule has 2 aliphatic rings. The van der Waals surface area contributed by atoms with Gasteiger partial charge >= 0.3 is 13.8 Å². The van der Waals surface area contributed by atoms with E-state index in [0.717, 1.165) is 0 Å². The van der Waals surface area contributed by atoms with Crippen LogP contribution in [-0.4, -0.2) is 151 Å². The van der Waals surface area contributed by atoms with Crippen LogP contribution in [0.4, 0.5) is 0 Å². The fourth-order valence-corrected chi connectivity index (χ4v) is 3.88. The van der Waals surface area contributed by atoms with Gasteiger partial charge in [-0.3, -0.25) is 18.8 Å². The van der Waals surface area contributed by atoms with Gasteiger partial charge in [0.05, 0.1) is 39.6 Å². The zero-order chi connectivity index (χ0) is 24.3. The molecule has 15 heteroatoms. The summed E-state index contributed by atoms with van der Waals surface area (Å²) >= 11 is 0. The lowest BCUT2D eigenvalue weighted by Gasteiger charge is -2.28. The number of carbonyl (C=O) groups is 1. The lowest BCUT2D eigenvalue weighted by molar-refractivity contribution is -0.170. The predicted molar refractivity (Wildman–Crippen MR) is 111 cm³/mol. The van der Waals surface area contributed by atoms with Crippen LogP contribution in [0.15, 0.2) is 0 Å². The second-order valence-corrected chi connectivity index (χ2v) is 9.12. The summed E-state index contributed by atoms with van der Waals surface area (Å²) in [5, 5.41) is 39.8. The molecule has 0 aromatic heterocycles. The maximum absolute atomic E-state index is 11.9. The number of aliphatic hydroxyl groups excluding tert-OH is 4. The monoisotopic (exact) mass is 502 g/mol. The second kappa shape index (κ2) is 14.6. The van der Waals surface area contributed by atoms with Gasteiger partial charge in [-0.15, -0.1) is 0 Å². The summed E-state index contributed by atoms with van der Waals surface area (Å²) < 4.78 is 36.7. The fraction of sp³-hybridized carbons (Fsp3) is 0.944. The maximum atomic E-state index is 11.9. The van der Waals surface area contributed by atoms with Crippen LogP contribution in [0.5, 0.6) is 0 Å². The molecule has 5 atom stereocenters. The van der Waals surface area contributed by atoms with E-state index in [2.05, 4.69) is 4.52 Å². The number of carbonyl (C=O) groups excluding carboxylic acids is 1. The number of hydrogen-bond donors (Lipinski definition) is 5. The Kier molecular flexibility index (Phi) is 12.6. The van der Waals surface area contributed by atoms with E-state index < -0.39 is 44.8 Å². The minimum atomic E-state index is -4.53. The second-order valence-electron chi connectivity index (χ2n) is 7.67. The van der Waals surface area contributed by atoms with Crippen LogP contribution in [0.25, 0.3) is 0 Å². The number of aliphatic hydroxyl groups is 4. The van der Waals surface area contributed by atoms with Crippen LogP contribution in [0.3, 0.4) is 0 Å². The van der Waals surface area contributed by atoms with E-state index in [1.807, 2.05) is 9.80 Å². The van der Waals surface area contributed by atoms with Crippen molar-refractivity contribution in [2.24, 2.45) is 0 Å². The number of rotatable bonds is 14. The van der Waals surface area contributed by atoms with Gasteiger partial charge in [-0.1, -0.05) is 0 Å². The van der Waals surface area contributed by atoms with E-state index in [1.165, 1.54) is 0 Å². The molecule has 0 spiro atoms. The summed E-state index contributed by atoms with van der Waals surface area (Å²) in [4.78, 5) is 25.6. The third-order valence-corrected chi connectivity index (χ3v) is 6.22. The number of phosphoric ester groups is 1. The van der Waals surface area contributed by atoms with Gasteiger partial charge in [-0.2, -0.15) is 0 Å². The molecule has 2 aliphatic heterocycles. The van der Waals surface area contributed by atoms with Crippen LogP contribution in [0.1, 0.15) is 0 Å². The number of morpholine rings is 2. The minimum Gasteiger partial charge on any atom is -0.462 e. The van der Waals surface area contributed by atoms with Gasteiger partial charge in [0.15, 0.2) is 6.10 Å². The zero-order valence-electron chi connectivity index (χ0n) is 18.4. The molecule has 2 saturated heterocycles. The average molecular weight is 502 g/mol. The molecule has 0 bridgehead atoms. The Labute approximate surface area is 192 Å². The molecule has 194 valence electrons. The van der Waals surface area contributed by atoms with Crippen LogP contribution in [0.2, 0.25) is 0 Å². The summed E-state index contributed by atoms with van der Waals surface area (Å²) in [5.41, 5.74) is 0. The van der Waals surface area contributed by atoms with Gasteiger partial charge in [0.25, 0.3) is 0 Å². The van der Waals surface area contributed by atoms with Crippen molar-refractivity contribution in [1.29, 1.82) is 0 Å². The zero-order valence-corrected chi connectivity index (χ0v) is 19.3. The summed E-state index contributed by atoms with van der Waals surface area (Å²) in [6.07, 6.45) is -8.19. The third kappa shape index (κ3) is 10.6. The highest BCUT2D eigenvalue weighted by atomic mass is 31.2. The van der Waals surface area contributed by atoms with Crippen LogP contribution < -0.4 is 0 Å². The number of esters is 1.